The first-order chi connectivity index (χ1) is 9.70. The van der Waals surface area contributed by atoms with Gasteiger partial charge in [-0.05, 0) is 30.5 Å². The van der Waals surface area contributed by atoms with E-state index in [0.29, 0.717) is 18.7 Å². The van der Waals surface area contributed by atoms with Crippen LogP contribution in [0.1, 0.15) is 43.2 Å². The summed E-state index contributed by atoms with van der Waals surface area (Å²) in [6, 6.07) is 9.41. The van der Waals surface area contributed by atoms with Crippen LogP contribution in [0, 0.1) is 16.7 Å². The van der Waals surface area contributed by atoms with Crippen molar-refractivity contribution in [3.63, 3.8) is 0 Å². The van der Waals surface area contributed by atoms with Gasteiger partial charge >= 0.3 is 0 Å². The molecule has 0 aliphatic heterocycles. The second-order valence-electron chi connectivity index (χ2n) is 5.54. The summed E-state index contributed by atoms with van der Waals surface area (Å²) in [5, 5.41) is 11.9. The minimum Gasteiger partial charge on any atom is -0.352 e. The van der Waals surface area contributed by atoms with Crippen LogP contribution >= 0.6 is 0 Å². The third-order valence-electron chi connectivity index (χ3n) is 4.19. The van der Waals surface area contributed by atoms with Crippen molar-refractivity contribution < 1.29 is 4.79 Å². The molecule has 0 radical (unpaired) electrons. The summed E-state index contributed by atoms with van der Waals surface area (Å²) < 4.78 is 0. The van der Waals surface area contributed by atoms with Crippen LogP contribution in [-0.2, 0) is 11.3 Å². The Morgan fingerprint density at radius 1 is 1.35 bits per heavy atom. The number of nitrogens with one attached hydrogen (secondary N) is 1. The molecule has 0 unspecified atom stereocenters. The van der Waals surface area contributed by atoms with Crippen LogP contribution in [0.25, 0.3) is 0 Å². The van der Waals surface area contributed by atoms with Gasteiger partial charge in [0.25, 0.3) is 0 Å². The molecule has 0 aromatic heterocycles. The maximum atomic E-state index is 12.4. The molecule has 0 bridgehead atoms. The van der Waals surface area contributed by atoms with E-state index in [1.165, 1.54) is 6.42 Å². The van der Waals surface area contributed by atoms with Gasteiger partial charge in [0.2, 0.25) is 5.91 Å². The van der Waals surface area contributed by atoms with Crippen molar-refractivity contribution in [2.24, 2.45) is 11.1 Å². The molecule has 4 nitrogen and oxygen atoms in total. The zero-order valence-corrected chi connectivity index (χ0v) is 11.7. The number of carbonyl (C=O) groups excluding carboxylic acids is 1. The standard InChI is InChI=1S/C16H21N3O/c17-10-13-5-4-6-14(9-13)11-19-15(20)16(12-18)7-2-1-3-8-16/h4-6,9H,1-3,7-8,11-12,18H2,(H,19,20). The van der Waals surface area contributed by atoms with Crippen molar-refractivity contribution in [2.45, 2.75) is 38.6 Å². The fourth-order valence-electron chi connectivity index (χ4n) is 2.87. The molecule has 0 atom stereocenters. The van der Waals surface area contributed by atoms with E-state index in [1.807, 2.05) is 12.1 Å². The largest absolute Gasteiger partial charge is 0.352 e. The topological polar surface area (TPSA) is 78.9 Å². The van der Waals surface area contributed by atoms with E-state index < -0.39 is 0 Å². The lowest BCUT2D eigenvalue weighted by Crippen LogP contribution is -2.46. The molecule has 1 fully saturated rings. The molecular weight excluding hydrogens is 250 g/mol. The van der Waals surface area contributed by atoms with E-state index in [1.54, 1.807) is 12.1 Å². The lowest BCUT2D eigenvalue weighted by molar-refractivity contribution is -0.132. The highest BCUT2D eigenvalue weighted by Gasteiger charge is 2.37. The average Bonchev–Trinajstić information content (AvgIpc) is 2.53. The molecule has 2 rings (SSSR count). The van der Waals surface area contributed by atoms with Crippen LogP contribution in [-0.4, -0.2) is 12.5 Å². The highest BCUT2D eigenvalue weighted by Crippen LogP contribution is 2.35. The molecule has 1 aliphatic carbocycles. The SMILES string of the molecule is N#Cc1cccc(CNC(=O)C2(CN)CCCCC2)c1. The molecule has 4 heteroatoms. The minimum absolute atomic E-state index is 0.0575. The third-order valence-corrected chi connectivity index (χ3v) is 4.19. The van der Waals surface area contributed by atoms with Crippen molar-refractivity contribution in [1.29, 1.82) is 5.26 Å². The summed E-state index contributed by atoms with van der Waals surface area (Å²) >= 11 is 0. The molecule has 0 spiro atoms. The van der Waals surface area contributed by atoms with Gasteiger partial charge in [0.05, 0.1) is 17.0 Å². The summed E-state index contributed by atoms with van der Waals surface area (Å²) in [4.78, 5) is 12.4. The van der Waals surface area contributed by atoms with Gasteiger partial charge in [-0.15, -0.1) is 0 Å². The van der Waals surface area contributed by atoms with Gasteiger partial charge in [0, 0.05) is 13.1 Å². The molecule has 1 aromatic carbocycles. The second kappa shape index (κ2) is 6.53. The third kappa shape index (κ3) is 3.17. The Labute approximate surface area is 120 Å². The van der Waals surface area contributed by atoms with E-state index in [9.17, 15) is 4.79 Å². The van der Waals surface area contributed by atoms with Crippen LogP contribution in [0.15, 0.2) is 24.3 Å². The number of amides is 1. The summed E-state index contributed by atoms with van der Waals surface area (Å²) in [7, 11) is 0. The number of carbonyl (C=O) groups is 1. The van der Waals surface area contributed by atoms with Gasteiger partial charge in [-0.25, -0.2) is 0 Å². The lowest BCUT2D eigenvalue weighted by Gasteiger charge is -2.34. The maximum Gasteiger partial charge on any atom is 0.227 e. The fraction of sp³-hybridized carbons (Fsp3) is 0.500. The quantitative estimate of drug-likeness (QED) is 0.880. The van der Waals surface area contributed by atoms with Gasteiger partial charge in [0.15, 0.2) is 0 Å². The Morgan fingerprint density at radius 3 is 2.75 bits per heavy atom. The highest BCUT2D eigenvalue weighted by atomic mass is 16.2. The molecule has 1 saturated carbocycles. The molecular formula is C16H21N3O. The second-order valence-corrected chi connectivity index (χ2v) is 5.54. The zero-order chi connectivity index (χ0) is 14.4. The average molecular weight is 271 g/mol. The van der Waals surface area contributed by atoms with Crippen LogP contribution in [0.4, 0.5) is 0 Å². The molecule has 1 amide bonds. The van der Waals surface area contributed by atoms with Gasteiger partial charge < -0.3 is 11.1 Å². The predicted molar refractivity (Wildman–Crippen MR) is 77.6 cm³/mol. The van der Waals surface area contributed by atoms with E-state index >= 15 is 0 Å². The molecule has 1 aliphatic rings. The Bertz CT molecular complexity index is 513. The Hall–Kier alpha value is -1.86. The number of rotatable bonds is 4. The number of nitrogens with two attached hydrogens (primary N) is 1. The number of benzene rings is 1. The molecule has 20 heavy (non-hydrogen) atoms. The van der Waals surface area contributed by atoms with Gasteiger partial charge in [-0.2, -0.15) is 5.26 Å². The minimum atomic E-state index is -0.384. The monoisotopic (exact) mass is 271 g/mol. The summed E-state index contributed by atoms with van der Waals surface area (Å²) in [5.41, 5.74) is 7.02. The predicted octanol–water partition coefficient (Wildman–Crippen LogP) is 2.08. The first-order valence-corrected chi connectivity index (χ1v) is 7.18. The number of nitriles is 1. The van der Waals surface area contributed by atoms with Crippen LogP contribution < -0.4 is 11.1 Å². The Kier molecular flexibility index (Phi) is 4.75. The molecule has 1 aromatic rings. The summed E-state index contributed by atoms with van der Waals surface area (Å²) in [5.74, 6) is 0.0575. The summed E-state index contributed by atoms with van der Waals surface area (Å²) in [6.45, 7) is 0.868. The fourth-order valence-corrected chi connectivity index (χ4v) is 2.87. The summed E-state index contributed by atoms with van der Waals surface area (Å²) in [6.07, 6.45) is 5.11. The first-order valence-electron chi connectivity index (χ1n) is 7.18. The highest BCUT2D eigenvalue weighted by molar-refractivity contribution is 5.83. The van der Waals surface area contributed by atoms with Gasteiger partial charge in [-0.3, -0.25) is 4.79 Å². The van der Waals surface area contributed by atoms with Crippen molar-refractivity contribution in [2.75, 3.05) is 6.54 Å². The zero-order valence-electron chi connectivity index (χ0n) is 11.7. The Morgan fingerprint density at radius 2 is 2.10 bits per heavy atom. The van der Waals surface area contributed by atoms with Crippen molar-refractivity contribution in [3.8, 4) is 6.07 Å². The number of hydrogen-bond acceptors (Lipinski definition) is 3. The van der Waals surface area contributed by atoms with E-state index in [-0.39, 0.29) is 11.3 Å². The van der Waals surface area contributed by atoms with Crippen molar-refractivity contribution in [1.82, 2.24) is 5.32 Å². The molecule has 3 N–H and O–H groups in total. The van der Waals surface area contributed by atoms with Crippen LogP contribution in [0.2, 0.25) is 0 Å². The maximum absolute atomic E-state index is 12.4. The van der Waals surface area contributed by atoms with Gasteiger partial charge in [0.1, 0.15) is 0 Å². The van der Waals surface area contributed by atoms with Crippen LogP contribution in [0.5, 0.6) is 0 Å². The van der Waals surface area contributed by atoms with Crippen molar-refractivity contribution >= 4 is 5.91 Å². The lowest BCUT2D eigenvalue weighted by atomic mass is 9.73. The van der Waals surface area contributed by atoms with E-state index in [2.05, 4.69) is 11.4 Å². The molecule has 106 valence electrons. The first kappa shape index (κ1) is 14.5. The molecule has 0 saturated heterocycles. The number of nitrogens with zero attached hydrogens (tertiary/aromatic N) is 1. The van der Waals surface area contributed by atoms with E-state index in [4.69, 9.17) is 11.0 Å². The van der Waals surface area contributed by atoms with Gasteiger partial charge in [-0.1, -0.05) is 31.4 Å². The van der Waals surface area contributed by atoms with Crippen LogP contribution in [0.3, 0.4) is 0 Å². The molecule has 0 heterocycles. The normalized spacial score (nSPS) is 17.2. The Balaban J connectivity index is 1.98. The number of hydrogen-bond donors (Lipinski definition) is 2. The smallest absolute Gasteiger partial charge is 0.227 e. The van der Waals surface area contributed by atoms with Crippen molar-refractivity contribution in [3.05, 3.63) is 35.4 Å². The van der Waals surface area contributed by atoms with E-state index in [0.717, 1.165) is 31.2 Å².